The Morgan fingerprint density at radius 1 is 1.08 bits per heavy atom. The van der Waals surface area contributed by atoms with Gasteiger partial charge in [0.15, 0.2) is 0 Å². The summed E-state index contributed by atoms with van der Waals surface area (Å²) in [5, 5.41) is 2.05. The van der Waals surface area contributed by atoms with Crippen LogP contribution in [0.2, 0.25) is 0 Å². The van der Waals surface area contributed by atoms with Gasteiger partial charge in [0.1, 0.15) is 6.26 Å². The lowest BCUT2D eigenvalue weighted by atomic mass is 10.2. The Kier molecular flexibility index (Phi) is 4.17. The molecule has 2 atom stereocenters. The lowest BCUT2D eigenvalue weighted by molar-refractivity contribution is -0.134. The summed E-state index contributed by atoms with van der Waals surface area (Å²) in [6.07, 6.45) is 2.12. The monoisotopic (exact) mass is 358 g/mol. The van der Waals surface area contributed by atoms with Crippen LogP contribution in [0.5, 0.6) is 0 Å². The van der Waals surface area contributed by atoms with Crippen molar-refractivity contribution in [1.29, 1.82) is 0 Å². The molecular formula is C18H18N2O4S. The summed E-state index contributed by atoms with van der Waals surface area (Å²) in [5.41, 5.74) is -0.115. The van der Waals surface area contributed by atoms with Crippen LogP contribution in [-0.4, -0.2) is 47.8 Å². The number of carbonyl (C=O) groups is 2. The van der Waals surface area contributed by atoms with Crippen LogP contribution < -0.4 is 5.63 Å². The summed E-state index contributed by atoms with van der Waals surface area (Å²) >= 11 is 1.71. The molecule has 25 heavy (non-hydrogen) atoms. The Balaban J connectivity index is 1.32. The summed E-state index contributed by atoms with van der Waals surface area (Å²) in [5.74, 6) is 0.513. The van der Waals surface area contributed by atoms with Crippen molar-refractivity contribution in [2.45, 2.75) is 12.3 Å². The number of carbonyl (C=O) groups excluding carboxylic acids is 2. The summed E-state index contributed by atoms with van der Waals surface area (Å²) in [7, 11) is 0. The van der Waals surface area contributed by atoms with E-state index in [9.17, 15) is 14.4 Å². The van der Waals surface area contributed by atoms with Crippen LogP contribution >= 0.6 is 11.3 Å². The number of hydrogen-bond donors (Lipinski definition) is 0. The molecule has 0 N–H and O–H groups in total. The van der Waals surface area contributed by atoms with E-state index in [0.717, 1.165) is 6.42 Å². The largest absolute Gasteiger partial charge is 0.430 e. The van der Waals surface area contributed by atoms with E-state index >= 15 is 0 Å². The number of thiophene rings is 1. The highest BCUT2D eigenvalue weighted by molar-refractivity contribution is 7.10. The SMILES string of the molecule is O=C(c1ccc(=O)oc1)N1CCN(C(=O)C2CC2c2cccs2)CC1. The predicted octanol–water partition coefficient (Wildman–Crippen LogP) is 1.79. The van der Waals surface area contributed by atoms with Gasteiger partial charge >= 0.3 is 5.63 Å². The fourth-order valence-corrected chi connectivity index (χ4v) is 4.22. The quantitative estimate of drug-likeness (QED) is 0.839. The van der Waals surface area contributed by atoms with Crippen LogP contribution in [0, 0.1) is 5.92 Å². The van der Waals surface area contributed by atoms with Gasteiger partial charge < -0.3 is 14.2 Å². The maximum absolute atomic E-state index is 12.6. The molecule has 4 rings (SSSR count). The zero-order valence-corrected chi connectivity index (χ0v) is 14.4. The van der Waals surface area contributed by atoms with Crippen molar-refractivity contribution in [1.82, 2.24) is 9.80 Å². The Morgan fingerprint density at radius 3 is 2.48 bits per heavy atom. The van der Waals surface area contributed by atoms with Crippen molar-refractivity contribution in [3.63, 3.8) is 0 Å². The maximum atomic E-state index is 12.6. The van der Waals surface area contributed by atoms with Gasteiger partial charge in [0.2, 0.25) is 5.91 Å². The van der Waals surface area contributed by atoms with E-state index in [0.29, 0.717) is 37.7 Å². The first kappa shape index (κ1) is 16.1. The van der Waals surface area contributed by atoms with E-state index in [4.69, 9.17) is 4.42 Å². The molecule has 1 saturated carbocycles. The smallest absolute Gasteiger partial charge is 0.335 e. The van der Waals surface area contributed by atoms with Crippen LogP contribution in [0.3, 0.4) is 0 Å². The van der Waals surface area contributed by atoms with Crippen LogP contribution in [0.1, 0.15) is 27.6 Å². The number of amides is 2. The van der Waals surface area contributed by atoms with Gasteiger partial charge in [-0.05, 0) is 23.9 Å². The van der Waals surface area contributed by atoms with E-state index in [1.807, 2.05) is 16.3 Å². The Bertz CT molecular complexity index is 817. The summed E-state index contributed by atoms with van der Waals surface area (Å²) in [6.45, 7) is 2.10. The van der Waals surface area contributed by atoms with Crippen molar-refractivity contribution >= 4 is 23.2 Å². The minimum absolute atomic E-state index is 0.101. The average Bonchev–Trinajstić information content (AvgIpc) is 3.26. The van der Waals surface area contributed by atoms with Crippen molar-refractivity contribution in [2.24, 2.45) is 5.92 Å². The molecule has 130 valence electrons. The fraction of sp³-hybridized carbons (Fsp3) is 0.389. The average molecular weight is 358 g/mol. The molecule has 2 aromatic rings. The van der Waals surface area contributed by atoms with Crippen LogP contribution in [0.4, 0.5) is 0 Å². The standard InChI is InChI=1S/C18H18N2O4S/c21-16-4-3-12(11-24-16)17(22)19-5-7-20(8-6-19)18(23)14-10-13(14)15-2-1-9-25-15/h1-4,9,11,13-14H,5-8,10H2. The third kappa shape index (κ3) is 3.24. The predicted molar refractivity (Wildman–Crippen MR) is 92.6 cm³/mol. The van der Waals surface area contributed by atoms with E-state index in [-0.39, 0.29) is 17.7 Å². The number of nitrogens with zero attached hydrogens (tertiary/aromatic N) is 2. The second-order valence-electron chi connectivity index (χ2n) is 6.43. The Hall–Kier alpha value is -2.41. The van der Waals surface area contributed by atoms with Crippen LogP contribution in [0.15, 0.2) is 45.1 Å². The molecule has 1 aliphatic heterocycles. The molecule has 0 aromatic carbocycles. The topological polar surface area (TPSA) is 70.8 Å². The van der Waals surface area contributed by atoms with Gasteiger partial charge in [0.05, 0.1) is 5.56 Å². The molecule has 7 heteroatoms. The normalized spacial score (nSPS) is 22.7. The third-order valence-electron chi connectivity index (χ3n) is 4.84. The van der Waals surface area contributed by atoms with Crippen molar-refractivity contribution in [2.75, 3.05) is 26.2 Å². The van der Waals surface area contributed by atoms with Gasteiger partial charge in [-0.15, -0.1) is 11.3 Å². The first-order valence-corrected chi connectivity index (χ1v) is 9.22. The van der Waals surface area contributed by atoms with Crippen molar-refractivity contribution in [3.8, 4) is 0 Å². The third-order valence-corrected chi connectivity index (χ3v) is 5.85. The molecule has 0 radical (unpaired) electrons. The van der Waals surface area contributed by atoms with Crippen LogP contribution in [-0.2, 0) is 4.79 Å². The minimum Gasteiger partial charge on any atom is -0.430 e. The van der Waals surface area contributed by atoms with Gasteiger partial charge in [0.25, 0.3) is 5.91 Å². The van der Waals surface area contributed by atoms with Gasteiger partial charge in [-0.2, -0.15) is 0 Å². The van der Waals surface area contributed by atoms with Crippen molar-refractivity contribution in [3.05, 3.63) is 56.8 Å². The zero-order chi connectivity index (χ0) is 17.4. The second-order valence-corrected chi connectivity index (χ2v) is 7.40. The van der Waals surface area contributed by atoms with Gasteiger partial charge in [-0.1, -0.05) is 6.07 Å². The highest BCUT2D eigenvalue weighted by atomic mass is 32.1. The highest BCUT2D eigenvalue weighted by Gasteiger charge is 2.46. The van der Waals surface area contributed by atoms with Gasteiger partial charge in [0, 0.05) is 49.0 Å². The van der Waals surface area contributed by atoms with Crippen molar-refractivity contribution < 1.29 is 14.0 Å². The summed E-state index contributed by atoms with van der Waals surface area (Å²) in [4.78, 5) is 40.9. The van der Waals surface area contributed by atoms with E-state index in [2.05, 4.69) is 6.07 Å². The molecule has 1 aliphatic carbocycles. The molecule has 2 amide bonds. The number of piperazine rings is 1. The number of hydrogen-bond acceptors (Lipinski definition) is 5. The Morgan fingerprint density at radius 2 is 1.84 bits per heavy atom. The second kappa shape index (κ2) is 6.48. The molecule has 6 nitrogen and oxygen atoms in total. The van der Waals surface area contributed by atoms with E-state index in [1.165, 1.54) is 23.3 Å². The van der Waals surface area contributed by atoms with Gasteiger partial charge in [-0.3, -0.25) is 9.59 Å². The summed E-state index contributed by atoms with van der Waals surface area (Å²) in [6, 6.07) is 6.83. The van der Waals surface area contributed by atoms with Crippen LogP contribution in [0.25, 0.3) is 0 Å². The highest BCUT2D eigenvalue weighted by Crippen LogP contribution is 2.50. The molecular weight excluding hydrogens is 340 g/mol. The first-order chi connectivity index (χ1) is 12.1. The minimum atomic E-state index is -0.475. The molecule has 0 spiro atoms. The molecule has 2 aromatic heterocycles. The molecule has 1 saturated heterocycles. The molecule has 3 heterocycles. The summed E-state index contributed by atoms with van der Waals surface area (Å²) < 4.78 is 4.75. The molecule has 0 bridgehead atoms. The zero-order valence-electron chi connectivity index (χ0n) is 13.6. The first-order valence-electron chi connectivity index (χ1n) is 8.34. The lowest BCUT2D eigenvalue weighted by Crippen LogP contribution is -2.51. The van der Waals surface area contributed by atoms with Gasteiger partial charge in [-0.25, -0.2) is 4.79 Å². The molecule has 2 fully saturated rings. The fourth-order valence-electron chi connectivity index (χ4n) is 3.31. The Labute approximate surface area is 148 Å². The molecule has 2 unspecified atom stereocenters. The van der Waals surface area contributed by atoms with E-state index in [1.54, 1.807) is 16.2 Å². The lowest BCUT2D eigenvalue weighted by Gasteiger charge is -2.35. The number of rotatable bonds is 3. The maximum Gasteiger partial charge on any atom is 0.335 e. The van der Waals surface area contributed by atoms with E-state index < -0.39 is 5.63 Å². The molecule has 2 aliphatic rings.